The largest absolute Gasteiger partial charge is 0.366 e. The second-order valence-electron chi connectivity index (χ2n) is 5.88. The molecule has 0 atom stereocenters. The second-order valence-corrected chi connectivity index (χ2v) is 6.80. The maximum absolute atomic E-state index is 11.2. The molecule has 0 fully saturated rings. The summed E-state index contributed by atoms with van der Waals surface area (Å²) in [5.74, 6) is 0.344. The number of benzene rings is 2. The van der Waals surface area contributed by atoms with E-state index in [4.69, 9.17) is 16.0 Å². The molecule has 0 spiro atoms. The molecule has 2 aromatic heterocycles. The number of nitrogens with zero attached hydrogens (tertiary/aromatic N) is 2. The number of primary amides is 1. The Bertz CT molecular complexity index is 1170. The third kappa shape index (κ3) is 2.85. The lowest BCUT2D eigenvalue weighted by atomic mass is 10.1. The molecule has 0 unspecified atom stereocenters. The Kier molecular flexibility index (Phi) is 3.99. The summed E-state index contributed by atoms with van der Waals surface area (Å²) in [6.07, 6.45) is 0. The zero-order chi connectivity index (χ0) is 18.1. The Morgan fingerprint density at radius 2 is 1.96 bits per heavy atom. The maximum atomic E-state index is 11.2. The zero-order valence-corrected chi connectivity index (χ0v) is 14.5. The molecule has 3 N–H and O–H groups in total. The van der Waals surface area contributed by atoms with Crippen LogP contribution in [0.2, 0.25) is 0 Å². The molecule has 2 heterocycles. The molecule has 0 saturated heterocycles. The maximum Gasteiger partial charge on any atom is 0.248 e. The fourth-order valence-electron chi connectivity index (χ4n) is 2.88. The van der Waals surface area contributed by atoms with E-state index in [0.717, 1.165) is 32.4 Å². The third-order valence-electron chi connectivity index (χ3n) is 4.22. The predicted molar refractivity (Wildman–Crippen MR) is 104 cm³/mol. The van der Waals surface area contributed by atoms with E-state index in [2.05, 4.69) is 11.4 Å². The number of aromatic nitrogens is 1. The summed E-state index contributed by atoms with van der Waals surface area (Å²) in [5, 5.41) is 16.6. The summed E-state index contributed by atoms with van der Waals surface area (Å²) in [6.45, 7) is 0.570. The number of hydrogen-bond acceptors (Lipinski definition) is 5. The normalized spacial score (nSPS) is 10.7. The first-order valence-corrected chi connectivity index (χ1v) is 8.87. The number of rotatable bonds is 4. The van der Waals surface area contributed by atoms with Gasteiger partial charge in [-0.1, -0.05) is 18.2 Å². The summed E-state index contributed by atoms with van der Waals surface area (Å²) >= 11 is 1.66. The smallest absolute Gasteiger partial charge is 0.248 e. The molecule has 26 heavy (non-hydrogen) atoms. The number of amides is 1. The van der Waals surface area contributed by atoms with E-state index in [9.17, 15) is 4.79 Å². The van der Waals surface area contributed by atoms with Gasteiger partial charge in [-0.3, -0.25) is 4.79 Å². The molecule has 6 heteroatoms. The molecule has 0 bridgehead atoms. The van der Waals surface area contributed by atoms with E-state index < -0.39 is 5.91 Å². The first-order valence-electron chi connectivity index (χ1n) is 7.99. The average molecular weight is 358 g/mol. The van der Waals surface area contributed by atoms with Crippen LogP contribution >= 0.6 is 11.3 Å². The highest BCUT2D eigenvalue weighted by Gasteiger charge is 2.10. The van der Waals surface area contributed by atoms with Gasteiger partial charge in [-0.25, -0.2) is 4.98 Å². The van der Waals surface area contributed by atoms with E-state index in [1.807, 2.05) is 35.7 Å². The predicted octanol–water partition coefficient (Wildman–Crippen LogP) is 4.03. The highest BCUT2D eigenvalue weighted by molar-refractivity contribution is 7.18. The molecule has 0 aliphatic carbocycles. The fourth-order valence-corrected chi connectivity index (χ4v) is 3.81. The molecular weight excluding hydrogens is 344 g/mol. The van der Waals surface area contributed by atoms with Gasteiger partial charge in [0.05, 0.1) is 17.1 Å². The van der Waals surface area contributed by atoms with Crippen molar-refractivity contribution in [2.75, 3.05) is 5.32 Å². The van der Waals surface area contributed by atoms with Gasteiger partial charge in [0.15, 0.2) is 0 Å². The molecule has 0 radical (unpaired) electrons. The number of nitrogens with two attached hydrogens (primary N) is 1. The van der Waals surface area contributed by atoms with E-state index in [-0.39, 0.29) is 0 Å². The van der Waals surface area contributed by atoms with Crippen LogP contribution in [0.1, 0.15) is 21.5 Å². The minimum atomic E-state index is -0.436. The lowest BCUT2D eigenvalue weighted by Crippen LogP contribution is -2.11. The van der Waals surface area contributed by atoms with Crippen LogP contribution in [0.3, 0.4) is 0 Å². The van der Waals surface area contributed by atoms with Gasteiger partial charge in [-0.15, -0.1) is 11.3 Å². The van der Waals surface area contributed by atoms with Crippen LogP contribution in [-0.4, -0.2) is 10.9 Å². The first kappa shape index (κ1) is 16.1. The topological polar surface area (TPSA) is 91.8 Å². The van der Waals surface area contributed by atoms with E-state index >= 15 is 0 Å². The number of carbonyl (C=O) groups is 1. The van der Waals surface area contributed by atoms with Crippen molar-refractivity contribution in [1.29, 1.82) is 5.26 Å². The lowest BCUT2D eigenvalue weighted by molar-refractivity contribution is 0.100. The number of nitrogens with one attached hydrogen (secondary N) is 1. The van der Waals surface area contributed by atoms with Crippen molar-refractivity contribution in [3.8, 4) is 6.07 Å². The van der Waals surface area contributed by atoms with Crippen molar-refractivity contribution >= 4 is 44.1 Å². The Labute approximate surface area is 153 Å². The number of nitriles is 1. The summed E-state index contributed by atoms with van der Waals surface area (Å²) in [7, 11) is 0. The number of fused-ring (bicyclic) bond motifs is 3. The molecule has 0 aliphatic heterocycles. The third-order valence-corrected chi connectivity index (χ3v) is 5.17. The van der Waals surface area contributed by atoms with E-state index in [0.29, 0.717) is 17.7 Å². The minimum Gasteiger partial charge on any atom is -0.366 e. The summed E-state index contributed by atoms with van der Waals surface area (Å²) < 4.78 is 1.14. The van der Waals surface area contributed by atoms with Gasteiger partial charge in [0.2, 0.25) is 5.91 Å². The van der Waals surface area contributed by atoms with E-state index in [1.54, 1.807) is 29.5 Å². The minimum absolute atomic E-state index is 0.436. The van der Waals surface area contributed by atoms with Gasteiger partial charge < -0.3 is 11.1 Å². The number of anilines is 1. The van der Waals surface area contributed by atoms with Crippen molar-refractivity contribution < 1.29 is 4.79 Å². The first-order chi connectivity index (χ1) is 12.7. The van der Waals surface area contributed by atoms with Crippen molar-refractivity contribution in [2.24, 2.45) is 5.73 Å². The average Bonchev–Trinajstić information content (AvgIpc) is 3.16. The van der Waals surface area contributed by atoms with Crippen LogP contribution in [0.15, 0.2) is 53.9 Å². The van der Waals surface area contributed by atoms with Crippen molar-refractivity contribution in [3.05, 3.63) is 70.6 Å². The van der Waals surface area contributed by atoms with Crippen LogP contribution in [0, 0.1) is 11.3 Å². The quantitative estimate of drug-likeness (QED) is 0.576. The highest BCUT2D eigenvalue weighted by atomic mass is 32.1. The van der Waals surface area contributed by atoms with Gasteiger partial charge in [-0.05, 0) is 41.3 Å². The number of carbonyl (C=O) groups excluding carboxylic acids is 1. The molecule has 5 nitrogen and oxygen atoms in total. The van der Waals surface area contributed by atoms with Crippen LogP contribution in [0.5, 0.6) is 0 Å². The number of pyridine rings is 1. The molecule has 2 aromatic carbocycles. The highest BCUT2D eigenvalue weighted by Crippen LogP contribution is 2.33. The SMILES string of the molecule is N#Cc1ccc2c(c1)nc(NCc1ccc(C(N)=O)cc1)c1ccsc12. The van der Waals surface area contributed by atoms with Crippen LogP contribution in [-0.2, 0) is 6.54 Å². The summed E-state index contributed by atoms with van der Waals surface area (Å²) in [5.41, 5.74) is 8.17. The van der Waals surface area contributed by atoms with Gasteiger partial charge in [-0.2, -0.15) is 5.26 Å². The lowest BCUT2D eigenvalue weighted by Gasteiger charge is -2.10. The molecular formula is C20H14N4OS. The van der Waals surface area contributed by atoms with Gasteiger partial charge in [0.1, 0.15) is 5.82 Å². The number of hydrogen-bond donors (Lipinski definition) is 2. The van der Waals surface area contributed by atoms with E-state index in [1.165, 1.54) is 0 Å². The summed E-state index contributed by atoms with van der Waals surface area (Å²) in [4.78, 5) is 15.9. The molecule has 126 valence electrons. The molecule has 1 amide bonds. The van der Waals surface area contributed by atoms with Crippen LogP contribution < -0.4 is 11.1 Å². The Hall–Kier alpha value is -3.43. The Morgan fingerprint density at radius 1 is 1.15 bits per heavy atom. The van der Waals surface area contributed by atoms with Crippen molar-refractivity contribution in [2.45, 2.75) is 6.54 Å². The molecule has 4 aromatic rings. The second kappa shape index (κ2) is 6.47. The van der Waals surface area contributed by atoms with Crippen molar-refractivity contribution in [3.63, 3.8) is 0 Å². The number of thiophene rings is 1. The van der Waals surface area contributed by atoms with Crippen molar-refractivity contribution in [1.82, 2.24) is 4.98 Å². The standard InChI is InChI=1S/C20H14N4OS/c21-10-13-3-6-15-17(9-13)24-20(16-7-8-26-18(15)16)23-11-12-1-4-14(5-2-12)19(22)25/h1-9H,11H2,(H2,22,25)(H,23,24). The molecule has 0 saturated carbocycles. The van der Waals surface area contributed by atoms with Crippen LogP contribution in [0.4, 0.5) is 5.82 Å². The fraction of sp³-hybridized carbons (Fsp3) is 0.0500. The Balaban J connectivity index is 1.69. The molecule has 0 aliphatic rings. The van der Waals surface area contributed by atoms with Gasteiger partial charge in [0.25, 0.3) is 0 Å². The Morgan fingerprint density at radius 3 is 2.69 bits per heavy atom. The van der Waals surface area contributed by atoms with Gasteiger partial charge in [0, 0.05) is 27.6 Å². The van der Waals surface area contributed by atoms with Gasteiger partial charge >= 0.3 is 0 Å². The summed E-state index contributed by atoms with van der Waals surface area (Å²) in [6, 6.07) is 16.9. The monoisotopic (exact) mass is 358 g/mol. The van der Waals surface area contributed by atoms with Crippen LogP contribution in [0.25, 0.3) is 21.0 Å². The zero-order valence-electron chi connectivity index (χ0n) is 13.7. The molecule has 4 rings (SSSR count).